The fourth-order valence-corrected chi connectivity index (χ4v) is 3.39. The molecule has 0 saturated carbocycles. The van der Waals surface area contributed by atoms with Crippen LogP contribution in [-0.4, -0.2) is 54.8 Å². The van der Waals surface area contributed by atoms with Gasteiger partial charge in [-0.1, -0.05) is 12.1 Å². The Morgan fingerprint density at radius 2 is 1.81 bits per heavy atom. The Bertz CT molecular complexity index is 623. The maximum atomic E-state index is 12.7. The molecule has 0 aromatic heterocycles. The number of nitrogens with zero attached hydrogens (tertiary/aromatic N) is 1. The smallest absolute Gasteiger partial charge is 0.311 e. The lowest BCUT2D eigenvalue weighted by atomic mass is 9.90. The highest BCUT2D eigenvalue weighted by molar-refractivity contribution is 5.73. The third-order valence-electron chi connectivity index (χ3n) is 5.21. The standard InChI is InChI=1S/C20H31NO5/c1-6-25-19(23)20(7-9-21(24-5)10-8-20)26-18(22)13-17-12-15(3)14(2)11-16(17)4/h11-12,19,23H,6-10,13H2,1-5H3. The van der Waals surface area contributed by atoms with Crippen molar-refractivity contribution in [1.29, 1.82) is 0 Å². The number of aliphatic hydroxyl groups is 1. The first kappa shape index (κ1) is 20.8. The molecule has 6 heteroatoms. The monoisotopic (exact) mass is 365 g/mol. The first-order chi connectivity index (χ1) is 12.3. The number of hydrogen-bond donors (Lipinski definition) is 1. The van der Waals surface area contributed by atoms with E-state index in [9.17, 15) is 9.90 Å². The Kier molecular flexibility index (Phi) is 7.17. The van der Waals surface area contributed by atoms with Gasteiger partial charge < -0.3 is 19.4 Å². The minimum absolute atomic E-state index is 0.182. The number of hydrogen-bond acceptors (Lipinski definition) is 6. The second-order valence-electron chi connectivity index (χ2n) is 7.00. The summed E-state index contributed by atoms with van der Waals surface area (Å²) in [5.74, 6) is -0.346. The number of ether oxygens (including phenoxy) is 2. The third kappa shape index (κ3) is 4.82. The lowest BCUT2D eigenvalue weighted by Crippen LogP contribution is -2.55. The maximum absolute atomic E-state index is 12.7. The number of rotatable bonds is 7. The van der Waals surface area contributed by atoms with Crippen LogP contribution in [0, 0.1) is 20.8 Å². The Morgan fingerprint density at radius 1 is 1.19 bits per heavy atom. The van der Waals surface area contributed by atoms with Gasteiger partial charge in [0.15, 0.2) is 11.9 Å². The number of carbonyl (C=O) groups is 1. The SMILES string of the molecule is CCOC(O)C1(OC(=O)Cc2cc(C)c(C)cc2C)CCN(OC)CC1. The van der Waals surface area contributed by atoms with Crippen molar-refractivity contribution < 1.29 is 24.2 Å². The van der Waals surface area contributed by atoms with E-state index in [2.05, 4.69) is 13.0 Å². The summed E-state index contributed by atoms with van der Waals surface area (Å²) in [5, 5.41) is 12.3. The molecule has 1 aromatic carbocycles. The summed E-state index contributed by atoms with van der Waals surface area (Å²) in [6, 6.07) is 4.12. The van der Waals surface area contributed by atoms with Crippen LogP contribution in [0.3, 0.4) is 0 Å². The van der Waals surface area contributed by atoms with Gasteiger partial charge in [0.1, 0.15) is 0 Å². The highest BCUT2D eigenvalue weighted by atomic mass is 16.7. The number of benzene rings is 1. The number of carbonyl (C=O) groups excluding carboxylic acids is 1. The molecule has 2 rings (SSSR count). The first-order valence-corrected chi connectivity index (χ1v) is 9.18. The Balaban J connectivity index is 2.12. The lowest BCUT2D eigenvalue weighted by molar-refractivity contribution is -0.259. The van der Waals surface area contributed by atoms with Gasteiger partial charge >= 0.3 is 5.97 Å². The molecule has 0 spiro atoms. The Hall–Kier alpha value is -1.47. The molecule has 0 bridgehead atoms. The minimum atomic E-state index is -1.14. The predicted octanol–water partition coefficient (Wildman–Crippen LogP) is 2.45. The van der Waals surface area contributed by atoms with Crippen LogP contribution < -0.4 is 0 Å². The zero-order valence-corrected chi connectivity index (χ0v) is 16.5. The predicted molar refractivity (Wildman–Crippen MR) is 98.6 cm³/mol. The Morgan fingerprint density at radius 3 is 2.38 bits per heavy atom. The van der Waals surface area contributed by atoms with E-state index in [1.54, 1.807) is 12.2 Å². The first-order valence-electron chi connectivity index (χ1n) is 9.18. The molecule has 1 N–H and O–H groups in total. The van der Waals surface area contributed by atoms with Gasteiger partial charge in [0.2, 0.25) is 0 Å². The summed E-state index contributed by atoms with van der Waals surface area (Å²) in [5.41, 5.74) is 3.34. The van der Waals surface area contributed by atoms with E-state index in [4.69, 9.17) is 14.3 Å². The van der Waals surface area contributed by atoms with Crippen molar-refractivity contribution in [3.8, 4) is 0 Å². The van der Waals surface area contributed by atoms with E-state index in [1.165, 1.54) is 5.56 Å². The summed E-state index contributed by atoms with van der Waals surface area (Å²) >= 11 is 0. The van der Waals surface area contributed by atoms with Gasteiger partial charge in [-0.3, -0.25) is 4.79 Å². The van der Waals surface area contributed by atoms with Gasteiger partial charge in [0, 0.05) is 32.5 Å². The summed E-state index contributed by atoms with van der Waals surface area (Å²) in [6.07, 6.45) is -0.0442. The molecule has 1 aliphatic rings. The zero-order chi connectivity index (χ0) is 19.3. The van der Waals surface area contributed by atoms with Crippen molar-refractivity contribution in [2.24, 2.45) is 0 Å². The van der Waals surface area contributed by atoms with Gasteiger partial charge in [0.25, 0.3) is 0 Å². The van der Waals surface area contributed by atoms with Crippen LogP contribution in [0.1, 0.15) is 42.0 Å². The molecule has 1 unspecified atom stereocenters. The van der Waals surface area contributed by atoms with Gasteiger partial charge in [-0.25, -0.2) is 0 Å². The van der Waals surface area contributed by atoms with Crippen LogP contribution >= 0.6 is 0 Å². The largest absolute Gasteiger partial charge is 0.453 e. The number of esters is 1. The number of aryl methyl sites for hydroxylation is 3. The van der Waals surface area contributed by atoms with E-state index in [0.717, 1.165) is 16.7 Å². The number of aliphatic hydroxyl groups excluding tert-OH is 1. The average Bonchev–Trinajstić information content (AvgIpc) is 2.60. The van der Waals surface area contributed by atoms with E-state index < -0.39 is 11.9 Å². The summed E-state index contributed by atoms with van der Waals surface area (Å²) in [4.78, 5) is 17.9. The van der Waals surface area contributed by atoms with E-state index in [1.807, 2.05) is 26.8 Å². The van der Waals surface area contributed by atoms with Crippen LogP contribution in [0.4, 0.5) is 0 Å². The molecule has 6 nitrogen and oxygen atoms in total. The van der Waals surface area contributed by atoms with E-state index >= 15 is 0 Å². The Labute approximate surface area is 156 Å². The van der Waals surface area contributed by atoms with Gasteiger partial charge in [0.05, 0.1) is 13.5 Å². The molecule has 146 valence electrons. The molecule has 0 radical (unpaired) electrons. The van der Waals surface area contributed by atoms with Gasteiger partial charge in [-0.05, 0) is 49.9 Å². The van der Waals surface area contributed by atoms with Crippen molar-refractivity contribution in [3.63, 3.8) is 0 Å². The van der Waals surface area contributed by atoms with Crippen LogP contribution in [0.5, 0.6) is 0 Å². The number of hydroxylamine groups is 2. The van der Waals surface area contributed by atoms with Crippen LogP contribution in [-0.2, 0) is 25.5 Å². The highest BCUT2D eigenvalue weighted by Crippen LogP contribution is 2.31. The lowest BCUT2D eigenvalue weighted by Gasteiger charge is -2.42. The highest BCUT2D eigenvalue weighted by Gasteiger charge is 2.45. The topological polar surface area (TPSA) is 68.2 Å². The summed E-state index contributed by atoms with van der Waals surface area (Å²) < 4.78 is 11.2. The zero-order valence-electron chi connectivity index (χ0n) is 16.5. The van der Waals surface area contributed by atoms with Crippen molar-refractivity contribution in [2.45, 2.75) is 58.8 Å². The maximum Gasteiger partial charge on any atom is 0.311 e. The van der Waals surface area contributed by atoms with Gasteiger partial charge in [-0.15, -0.1) is 0 Å². The molecule has 1 atom stereocenters. The normalized spacial score (nSPS) is 18.5. The van der Waals surface area contributed by atoms with Crippen LogP contribution in [0.25, 0.3) is 0 Å². The molecule has 1 heterocycles. The number of piperidine rings is 1. The van der Waals surface area contributed by atoms with Crippen molar-refractivity contribution in [2.75, 3.05) is 26.8 Å². The van der Waals surface area contributed by atoms with E-state index in [0.29, 0.717) is 32.5 Å². The summed E-state index contributed by atoms with van der Waals surface area (Å²) in [6.45, 7) is 9.38. The minimum Gasteiger partial charge on any atom is -0.453 e. The molecule has 1 aliphatic heterocycles. The van der Waals surface area contributed by atoms with Crippen molar-refractivity contribution in [1.82, 2.24) is 5.06 Å². The molecule has 1 fully saturated rings. The average molecular weight is 365 g/mol. The van der Waals surface area contributed by atoms with Crippen molar-refractivity contribution >= 4 is 5.97 Å². The molecule has 26 heavy (non-hydrogen) atoms. The van der Waals surface area contributed by atoms with Crippen LogP contribution in [0.15, 0.2) is 12.1 Å². The van der Waals surface area contributed by atoms with Crippen LogP contribution in [0.2, 0.25) is 0 Å². The van der Waals surface area contributed by atoms with Gasteiger partial charge in [-0.2, -0.15) is 5.06 Å². The van der Waals surface area contributed by atoms with E-state index in [-0.39, 0.29) is 12.4 Å². The third-order valence-corrected chi connectivity index (χ3v) is 5.21. The molecule has 1 saturated heterocycles. The molecule has 0 amide bonds. The molecule has 0 aliphatic carbocycles. The quantitative estimate of drug-likeness (QED) is 0.591. The fourth-order valence-electron chi connectivity index (χ4n) is 3.39. The molecule has 1 aromatic rings. The second-order valence-corrected chi connectivity index (χ2v) is 7.00. The van der Waals surface area contributed by atoms with Crippen molar-refractivity contribution in [3.05, 3.63) is 34.4 Å². The summed E-state index contributed by atoms with van der Waals surface area (Å²) in [7, 11) is 1.61. The fraction of sp³-hybridized carbons (Fsp3) is 0.650. The molecular formula is C20H31NO5. The second kappa shape index (κ2) is 8.95. The molecular weight excluding hydrogens is 334 g/mol.